The highest BCUT2D eigenvalue weighted by Gasteiger charge is 2.29. The van der Waals surface area contributed by atoms with Crippen molar-refractivity contribution in [2.24, 2.45) is 5.73 Å². The molecule has 2 nitrogen and oxygen atoms in total. The molecule has 0 bridgehead atoms. The van der Waals surface area contributed by atoms with E-state index in [4.69, 9.17) is 5.73 Å². The van der Waals surface area contributed by atoms with Crippen molar-refractivity contribution >= 4 is 11.8 Å². The van der Waals surface area contributed by atoms with Crippen LogP contribution in [-0.4, -0.2) is 35.8 Å². The van der Waals surface area contributed by atoms with Gasteiger partial charge in [0.25, 0.3) is 0 Å². The molecule has 116 valence electrons. The van der Waals surface area contributed by atoms with Gasteiger partial charge in [-0.2, -0.15) is 0 Å². The Morgan fingerprint density at radius 3 is 2.71 bits per heavy atom. The third kappa shape index (κ3) is 3.64. The number of benzene rings is 1. The first-order valence-electron chi connectivity index (χ1n) is 8.49. The summed E-state index contributed by atoms with van der Waals surface area (Å²) in [5.41, 5.74) is 7.66. The molecule has 1 aliphatic carbocycles. The molecule has 3 rings (SSSR count). The summed E-state index contributed by atoms with van der Waals surface area (Å²) >= 11 is 2.04. The lowest BCUT2D eigenvalue weighted by Gasteiger charge is -2.37. The van der Waals surface area contributed by atoms with E-state index in [1.165, 1.54) is 55.8 Å². The van der Waals surface area contributed by atoms with Crippen molar-refractivity contribution in [3.8, 4) is 0 Å². The fraction of sp³-hybridized carbons (Fsp3) is 0.667. The predicted molar refractivity (Wildman–Crippen MR) is 92.0 cm³/mol. The molecule has 1 aromatic carbocycles. The van der Waals surface area contributed by atoms with Crippen LogP contribution in [0.4, 0.5) is 0 Å². The fourth-order valence-electron chi connectivity index (χ4n) is 3.84. The Hall–Kier alpha value is -0.510. The molecule has 21 heavy (non-hydrogen) atoms. The van der Waals surface area contributed by atoms with Gasteiger partial charge in [0.1, 0.15) is 0 Å². The number of thioether (sulfide) groups is 1. The van der Waals surface area contributed by atoms with Crippen molar-refractivity contribution in [1.29, 1.82) is 0 Å². The van der Waals surface area contributed by atoms with E-state index in [1.54, 1.807) is 5.56 Å². The first-order chi connectivity index (χ1) is 10.3. The van der Waals surface area contributed by atoms with Crippen LogP contribution < -0.4 is 5.73 Å². The monoisotopic (exact) mass is 304 g/mol. The van der Waals surface area contributed by atoms with E-state index in [9.17, 15) is 0 Å². The van der Waals surface area contributed by atoms with Gasteiger partial charge in [0.05, 0.1) is 0 Å². The molecule has 0 saturated heterocycles. The minimum absolute atomic E-state index is 0.451. The maximum absolute atomic E-state index is 6.08. The average molecular weight is 305 g/mol. The van der Waals surface area contributed by atoms with Gasteiger partial charge in [-0.05, 0) is 50.3 Å². The highest BCUT2D eigenvalue weighted by molar-refractivity contribution is 7.99. The summed E-state index contributed by atoms with van der Waals surface area (Å²) in [5, 5.41) is 0. The van der Waals surface area contributed by atoms with Gasteiger partial charge >= 0.3 is 0 Å². The molecule has 1 unspecified atom stereocenters. The van der Waals surface area contributed by atoms with Crippen LogP contribution in [-0.2, 0) is 0 Å². The lowest BCUT2D eigenvalue weighted by Crippen LogP contribution is -2.43. The van der Waals surface area contributed by atoms with E-state index in [2.05, 4.69) is 36.1 Å². The molecule has 1 saturated carbocycles. The Kier molecular flexibility index (Phi) is 5.25. The highest BCUT2D eigenvalue weighted by atomic mass is 32.2. The van der Waals surface area contributed by atoms with E-state index in [0.717, 1.165) is 6.04 Å². The quantitative estimate of drug-likeness (QED) is 0.895. The van der Waals surface area contributed by atoms with Crippen LogP contribution in [0.5, 0.6) is 0 Å². The van der Waals surface area contributed by atoms with Crippen molar-refractivity contribution in [1.82, 2.24) is 4.90 Å². The molecule has 0 aromatic heterocycles. The molecule has 1 atom stereocenters. The van der Waals surface area contributed by atoms with Gasteiger partial charge in [-0.25, -0.2) is 0 Å². The number of hydrogen-bond acceptors (Lipinski definition) is 3. The summed E-state index contributed by atoms with van der Waals surface area (Å²) < 4.78 is 0. The first-order valence-corrected chi connectivity index (χ1v) is 9.48. The predicted octanol–water partition coefficient (Wildman–Crippen LogP) is 3.86. The van der Waals surface area contributed by atoms with Gasteiger partial charge < -0.3 is 5.73 Å². The molecule has 1 heterocycles. The average Bonchev–Trinajstić information content (AvgIpc) is 2.91. The van der Waals surface area contributed by atoms with Gasteiger partial charge in [-0.3, -0.25) is 4.90 Å². The number of nitrogens with zero attached hydrogens (tertiary/aromatic N) is 1. The Balaban J connectivity index is 1.66. The van der Waals surface area contributed by atoms with Crippen molar-refractivity contribution in [2.45, 2.75) is 61.9 Å². The van der Waals surface area contributed by atoms with E-state index in [1.807, 2.05) is 11.8 Å². The van der Waals surface area contributed by atoms with Crippen molar-refractivity contribution in [2.75, 3.05) is 18.8 Å². The topological polar surface area (TPSA) is 29.3 Å². The second kappa shape index (κ2) is 7.17. The molecule has 0 radical (unpaired) electrons. The largest absolute Gasteiger partial charge is 0.328 e. The van der Waals surface area contributed by atoms with Gasteiger partial charge in [0, 0.05) is 35.2 Å². The van der Waals surface area contributed by atoms with E-state index < -0.39 is 0 Å². The Bertz CT molecular complexity index is 454. The molecule has 1 aliphatic heterocycles. The zero-order chi connectivity index (χ0) is 14.7. The summed E-state index contributed by atoms with van der Waals surface area (Å²) in [4.78, 5) is 4.27. The molecule has 1 fully saturated rings. The van der Waals surface area contributed by atoms with Gasteiger partial charge in [0.15, 0.2) is 0 Å². The third-order valence-electron chi connectivity index (χ3n) is 5.02. The normalized spacial score (nSPS) is 28.8. The molecule has 3 heteroatoms. The molecule has 2 aliphatic rings. The molecule has 2 N–H and O–H groups in total. The second-order valence-corrected chi connectivity index (χ2v) is 7.67. The number of rotatable bonds is 5. The maximum atomic E-state index is 6.08. The summed E-state index contributed by atoms with van der Waals surface area (Å²) in [5.74, 6) is 1.97. The SMILES string of the molecule is CCCN(CC1CSc2ccccc21)C1CCC(N)CC1. The van der Waals surface area contributed by atoms with Gasteiger partial charge in [-0.1, -0.05) is 25.1 Å². The van der Waals surface area contributed by atoms with E-state index in [-0.39, 0.29) is 0 Å². The third-order valence-corrected chi connectivity index (χ3v) is 6.27. The molecule has 1 aromatic rings. The minimum Gasteiger partial charge on any atom is -0.328 e. The summed E-state index contributed by atoms with van der Waals surface area (Å²) in [7, 11) is 0. The Morgan fingerprint density at radius 1 is 1.19 bits per heavy atom. The Morgan fingerprint density at radius 2 is 1.95 bits per heavy atom. The van der Waals surface area contributed by atoms with Crippen LogP contribution in [0, 0.1) is 0 Å². The van der Waals surface area contributed by atoms with Crippen LogP contribution >= 0.6 is 11.8 Å². The van der Waals surface area contributed by atoms with Crippen molar-refractivity contribution in [3.63, 3.8) is 0 Å². The summed E-state index contributed by atoms with van der Waals surface area (Å²) in [6.07, 6.45) is 6.26. The Labute approximate surface area is 133 Å². The van der Waals surface area contributed by atoms with Crippen molar-refractivity contribution in [3.05, 3.63) is 29.8 Å². The van der Waals surface area contributed by atoms with Crippen LogP contribution in [0.15, 0.2) is 29.2 Å². The first kappa shape index (κ1) is 15.4. The van der Waals surface area contributed by atoms with E-state index in [0.29, 0.717) is 12.0 Å². The highest BCUT2D eigenvalue weighted by Crippen LogP contribution is 2.40. The molecule has 0 amide bonds. The molecular weight excluding hydrogens is 276 g/mol. The zero-order valence-corrected chi connectivity index (χ0v) is 13.9. The lowest BCUT2D eigenvalue weighted by molar-refractivity contribution is 0.143. The minimum atomic E-state index is 0.451. The fourth-order valence-corrected chi connectivity index (χ4v) is 5.08. The van der Waals surface area contributed by atoms with E-state index >= 15 is 0 Å². The molecule has 0 spiro atoms. The van der Waals surface area contributed by atoms with Crippen LogP contribution in [0.3, 0.4) is 0 Å². The van der Waals surface area contributed by atoms with Gasteiger partial charge in [-0.15, -0.1) is 11.8 Å². The number of hydrogen-bond donors (Lipinski definition) is 1. The van der Waals surface area contributed by atoms with Crippen molar-refractivity contribution < 1.29 is 0 Å². The summed E-state index contributed by atoms with van der Waals surface area (Å²) in [6.45, 7) is 4.78. The lowest BCUT2D eigenvalue weighted by atomic mass is 9.89. The number of fused-ring (bicyclic) bond motifs is 1. The summed E-state index contributed by atoms with van der Waals surface area (Å²) in [6, 6.07) is 10.2. The number of nitrogens with two attached hydrogens (primary N) is 1. The van der Waals surface area contributed by atoms with Gasteiger partial charge in [0.2, 0.25) is 0 Å². The van der Waals surface area contributed by atoms with Crippen LogP contribution in [0.2, 0.25) is 0 Å². The smallest absolute Gasteiger partial charge is 0.0108 e. The second-order valence-electron chi connectivity index (χ2n) is 6.61. The molecular formula is C18H28N2S. The standard InChI is InChI=1S/C18H28N2S/c1-2-11-20(16-9-7-15(19)8-10-16)12-14-13-21-18-6-4-3-5-17(14)18/h3-6,14-16H,2,7-13,19H2,1H3. The van der Waals surface area contributed by atoms with Crippen LogP contribution in [0.1, 0.15) is 50.5 Å². The zero-order valence-electron chi connectivity index (χ0n) is 13.1. The van der Waals surface area contributed by atoms with Crippen LogP contribution in [0.25, 0.3) is 0 Å². The maximum Gasteiger partial charge on any atom is 0.0108 e.